The van der Waals surface area contributed by atoms with Crippen molar-refractivity contribution in [2.24, 2.45) is 5.92 Å². The Balaban J connectivity index is 1.71. The molecule has 7 nitrogen and oxygen atoms in total. The third-order valence-electron chi connectivity index (χ3n) is 6.69. The molecule has 1 aromatic carbocycles. The van der Waals surface area contributed by atoms with Gasteiger partial charge in [-0.25, -0.2) is 18.2 Å². The number of fused-ring (bicyclic) bond motifs is 3. The van der Waals surface area contributed by atoms with Crippen LogP contribution in [0.15, 0.2) is 46.3 Å². The van der Waals surface area contributed by atoms with Crippen LogP contribution < -0.4 is 5.69 Å². The maximum Gasteiger partial charge on any atom is 0.329 e. The highest BCUT2D eigenvalue weighted by molar-refractivity contribution is 7.90. The highest BCUT2D eigenvalue weighted by Crippen LogP contribution is 2.36. The molecule has 3 aromatic heterocycles. The topological polar surface area (TPSA) is 89.8 Å². The molecule has 1 fully saturated rings. The van der Waals surface area contributed by atoms with Gasteiger partial charge in [0.25, 0.3) is 0 Å². The van der Waals surface area contributed by atoms with Crippen LogP contribution in [0.4, 0.5) is 0 Å². The third-order valence-corrected chi connectivity index (χ3v) is 8.15. The summed E-state index contributed by atoms with van der Waals surface area (Å²) in [6, 6.07) is 6.75. The number of hydrogen-bond acceptors (Lipinski definition) is 4. The van der Waals surface area contributed by atoms with Crippen molar-refractivity contribution in [3.05, 3.63) is 57.7 Å². The fourth-order valence-electron chi connectivity index (χ4n) is 4.96. The van der Waals surface area contributed by atoms with Gasteiger partial charge in [-0.3, -0.25) is 9.13 Å². The minimum Gasteiger partial charge on any atom is -0.346 e. The van der Waals surface area contributed by atoms with E-state index in [2.05, 4.69) is 16.9 Å². The monoisotopic (exact) mass is 472 g/mol. The molecule has 2 atom stereocenters. The number of nitrogens with zero attached hydrogens (tertiary/aromatic N) is 3. The predicted octanol–water partition coefficient (Wildman–Crippen LogP) is 4.54. The highest BCUT2D eigenvalue weighted by atomic mass is 35.5. The molecule has 0 spiro atoms. The molecular formula is C23H25ClN4O3S. The Labute approximate surface area is 190 Å². The van der Waals surface area contributed by atoms with Crippen LogP contribution >= 0.6 is 11.6 Å². The molecule has 5 rings (SSSR count). The molecule has 1 aliphatic carbocycles. The van der Waals surface area contributed by atoms with Crippen LogP contribution in [0.2, 0.25) is 5.02 Å². The van der Waals surface area contributed by atoms with Crippen LogP contribution in [-0.4, -0.2) is 33.8 Å². The lowest BCUT2D eigenvalue weighted by atomic mass is 9.85. The van der Waals surface area contributed by atoms with Crippen LogP contribution in [0.25, 0.3) is 22.1 Å². The number of sulfone groups is 1. The summed E-state index contributed by atoms with van der Waals surface area (Å²) < 4.78 is 27.4. The van der Waals surface area contributed by atoms with Gasteiger partial charge in [0, 0.05) is 28.9 Å². The van der Waals surface area contributed by atoms with E-state index in [1.54, 1.807) is 16.8 Å². The van der Waals surface area contributed by atoms with Gasteiger partial charge in [0.15, 0.2) is 9.84 Å². The third kappa shape index (κ3) is 3.46. The van der Waals surface area contributed by atoms with Crippen LogP contribution in [0.5, 0.6) is 0 Å². The number of aromatic nitrogens is 4. The first-order chi connectivity index (χ1) is 15.3. The van der Waals surface area contributed by atoms with E-state index in [-0.39, 0.29) is 23.2 Å². The van der Waals surface area contributed by atoms with E-state index in [0.717, 1.165) is 47.6 Å². The molecule has 0 saturated heterocycles. The smallest absolute Gasteiger partial charge is 0.329 e. The minimum absolute atomic E-state index is 0.0856. The summed E-state index contributed by atoms with van der Waals surface area (Å²) in [5.41, 5.74) is 3.00. The zero-order valence-corrected chi connectivity index (χ0v) is 19.6. The van der Waals surface area contributed by atoms with Crippen molar-refractivity contribution in [3.8, 4) is 0 Å². The van der Waals surface area contributed by atoms with Crippen LogP contribution in [0.3, 0.4) is 0 Å². The molecule has 168 valence electrons. The van der Waals surface area contributed by atoms with Gasteiger partial charge < -0.3 is 4.98 Å². The first-order valence-corrected chi connectivity index (χ1v) is 13.1. The molecule has 3 heterocycles. The van der Waals surface area contributed by atoms with Crippen molar-refractivity contribution in [2.75, 3.05) is 6.26 Å². The van der Waals surface area contributed by atoms with Gasteiger partial charge in [-0.2, -0.15) is 0 Å². The molecule has 0 bridgehead atoms. The van der Waals surface area contributed by atoms with Crippen molar-refractivity contribution in [3.63, 3.8) is 0 Å². The zero-order valence-electron chi connectivity index (χ0n) is 18.0. The largest absolute Gasteiger partial charge is 0.346 e. The fraction of sp³-hybridized carbons (Fsp3) is 0.391. The average Bonchev–Trinajstić information content (AvgIpc) is 3.32. The Morgan fingerprint density at radius 3 is 2.72 bits per heavy atom. The number of aromatic amines is 1. The van der Waals surface area contributed by atoms with Crippen LogP contribution in [-0.2, 0) is 16.4 Å². The molecular weight excluding hydrogens is 448 g/mol. The normalized spacial score (nSPS) is 19.7. The van der Waals surface area contributed by atoms with Crippen molar-refractivity contribution in [2.45, 2.75) is 50.1 Å². The van der Waals surface area contributed by atoms with Gasteiger partial charge in [0.1, 0.15) is 5.65 Å². The number of pyridine rings is 1. The van der Waals surface area contributed by atoms with E-state index >= 15 is 0 Å². The maximum absolute atomic E-state index is 13.8. The van der Waals surface area contributed by atoms with Crippen molar-refractivity contribution in [1.29, 1.82) is 0 Å². The van der Waals surface area contributed by atoms with E-state index in [1.807, 2.05) is 16.8 Å². The SMILES string of the molecule is C[C@@H]1CCCC[C@@H]1n1c(=O)n(Cc2ccc(S(C)(=O)=O)cc2Cl)c2cnc3[nH]ccc3c21. The van der Waals surface area contributed by atoms with Crippen LogP contribution in [0.1, 0.15) is 44.2 Å². The molecule has 0 amide bonds. The summed E-state index contributed by atoms with van der Waals surface area (Å²) in [6.45, 7) is 2.46. The quantitative estimate of drug-likeness (QED) is 0.472. The second-order valence-electron chi connectivity index (χ2n) is 8.83. The number of halogens is 1. The molecule has 1 N–H and O–H groups in total. The van der Waals surface area contributed by atoms with Crippen molar-refractivity contribution >= 4 is 43.5 Å². The van der Waals surface area contributed by atoms with E-state index in [4.69, 9.17) is 11.6 Å². The van der Waals surface area contributed by atoms with Gasteiger partial charge >= 0.3 is 5.69 Å². The molecule has 1 aliphatic rings. The number of rotatable bonds is 4. The molecule has 0 unspecified atom stereocenters. The molecule has 0 aliphatic heterocycles. The van der Waals surface area contributed by atoms with Gasteiger partial charge in [-0.1, -0.05) is 37.4 Å². The van der Waals surface area contributed by atoms with Gasteiger partial charge in [0.2, 0.25) is 0 Å². The summed E-state index contributed by atoms with van der Waals surface area (Å²) in [5.74, 6) is 0.403. The fourth-order valence-corrected chi connectivity index (χ4v) is 5.91. The lowest BCUT2D eigenvalue weighted by molar-refractivity contribution is 0.256. The standard InChI is InChI=1S/C23H25ClN4O3S/c1-14-5-3-4-6-19(14)28-21-17-9-10-25-22(17)26-12-20(21)27(23(28)29)13-15-7-8-16(11-18(15)24)32(2,30)31/h7-12,14,19H,3-6,13H2,1-2H3,(H,25,26)/t14-,19+/m1/s1. The number of imidazole rings is 1. The van der Waals surface area contributed by atoms with E-state index < -0.39 is 9.84 Å². The molecule has 4 aromatic rings. The average molecular weight is 473 g/mol. The lowest BCUT2D eigenvalue weighted by Crippen LogP contribution is -2.32. The zero-order chi connectivity index (χ0) is 22.6. The molecule has 0 radical (unpaired) electrons. The summed E-state index contributed by atoms with van der Waals surface area (Å²) in [4.78, 5) is 21.6. The summed E-state index contributed by atoms with van der Waals surface area (Å²) >= 11 is 6.44. The molecule has 1 saturated carbocycles. The first kappa shape index (κ1) is 21.3. The minimum atomic E-state index is -3.36. The van der Waals surface area contributed by atoms with Crippen molar-refractivity contribution in [1.82, 2.24) is 19.1 Å². The second kappa shape index (κ2) is 7.78. The number of benzene rings is 1. The summed E-state index contributed by atoms with van der Waals surface area (Å²) in [6.07, 6.45) is 9.09. The Hall–Kier alpha value is -2.58. The van der Waals surface area contributed by atoms with E-state index in [0.29, 0.717) is 16.5 Å². The Morgan fingerprint density at radius 1 is 1.22 bits per heavy atom. The Morgan fingerprint density at radius 2 is 2.00 bits per heavy atom. The maximum atomic E-state index is 13.8. The lowest BCUT2D eigenvalue weighted by Gasteiger charge is -2.29. The van der Waals surface area contributed by atoms with Gasteiger partial charge in [0.05, 0.1) is 28.7 Å². The number of nitrogens with one attached hydrogen (secondary N) is 1. The molecule has 32 heavy (non-hydrogen) atoms. The highest BCUT2D eigenvalue weighted by Gasteiger charge is 2.29. The van der Waals surface area contributed by atoms with E-state index in [1.165, 1.54) is 18.6 Å². The van der Waals surface area contributed by atoms with E-state index in [9.17, 15) is 13.2 Å². The Bertz CT molecular complexity index is 1500. The Kier molecular flexibility index (Phi) is 5.17. The van der Waals surface area contributed by atoms with Gasteiger partial charge in [-0.15, -0.1) is 0 Å². The van der Waals surface area contributed by atoms with Gasteiger partial charge in [-0.05, 0) is 42.5 Å². The van der Waals surface area contributed by atoms with Crippen LogP contribution in [0, 0.1) is 5.92 Å². The molecule has 9 heteroatoms. The number of hydrogen-bond donors (Lipinski definition) is 1. The summed E-state index contributed by atoms with van der Waals surface area (Å²) in [7, 11) is -3.36. The van der Waals surface area contributed by atoms with Crippen molar-refractivity contribution < 1.29 is 8.42 Å². The number of H-pyrrole nitrogens is 1. The first-order valence-electron chi connectivity index (χ1n) is 10.8. The predicted molar refractivity (Wildman–Crippen MR) is 126 cm³/mol. The second-order valence-corrected chi connectivity index (χ2v) is 11.2. The summed E-state index contributed by atoms with van der Waals surface area (Å²) in [5, 5.41) is 1.25.